The Morgan fingerprint density at radius 1 is 1.42 bits per heavy atom. The van der Waals surface area contributed by atoms with Gasteiger partial charge >= 0.3 is 5.97 Å². The number of thiophene rings is 1. The molecule has 0 radical (unpaired) electrons. The fourth-order valence-corrected chi connectivity index (χ4v) is 3.13. The van der Waals surface area contributed by atoms with Crippen molar-refractivity contribution in [3.05, 3.63) is 37.4 Å². The minimum atomic E-state index is -1.14. The highest BCUT2D eigenvalue weighted by Gasteiger charge is 2.14. The average molecular weight is 317 g/mol. The van der Waals surface area contributed by atoms with Gasteiger partial charge in [0.25, 0.3) is 5.91 Å². The predicted molar refractivity (Wildman–Crippen MR) is 74.4 cm³/mol. The number of halogens is 1. The van der Waals surface area contributed by atoms with Gasteiger partial charge in [-0.05, 0) is 18.6 Å². The number of nitrogens with zero attached hydrogens (tertiary/aromatic N) is 1. The summed E-state index contributed by atoms with van der Waals surface area (Å²) in [5, 5.41) is 12.9. The summed E-state index contributed by atoms with van der Waals surface area (Å²) < 4.78 is 0.715. The molecule has 1 amide bonds. The molecule has 0 aromatic carbocycles. The summed E-state index contributed by atoms with van der Waals surface area (Å²) in [6.07, 6.45) is 0.681. The lowest BCUT2D eigenvalue weighted by atomic mass is 10.3. The number of nitrogens with one attached hydrogen (secondary N) is 1. The fourth-order valence-electron chi connectivity index (χ4n) is 1.34. The molecule has 0 aliphatic heterocycles. The van der Waals surface area contributed by atoms with Crippen molar-refractivity contribution >= 4 is 46.2 Å². The van der Waals surface area contributed by atoms with E-state index in [1.807, 2.05) is 12.1 Å². The second kappa shape index (κ2) is 6.14. The van der Waals surface area contributed by atoms with Crippen molar-refractivity contribution < 1.29 is 14.7 Å². The van der Waals surface area contributed by atoms with Gasteiger partial charge in [-0.3, -0.25) is 4.79 Å². The Morgan fingerprint density at radius 2 is 2.21 bits per heavy atom. The van der Waals surface area contributed by atoms with Gasteiger partial charge in [0, 0.05) is 16.8 Å². The van der Waals surface area contributed by atoms with Crippen LogP contribution in [-0.2, 0) is 6.42 Å². The lowest BCUT2D eigenvalue weighted by Crippen LogP contribution is -2.25. The molecule has 2 aromatic rings. The molecule has 0 fully saturated rings. The normalized spacial score (nSPS) is 10.4. The highest BCUT2D eigenvalue weighted by molar-refractivity contribution is 7.16. The van der Waals surface area contributed by atoms with Crippen LogP contribution in [0.2, 0.25) is 4.34 Å². The first-order chi connectivity index (χ1) is 9.06. The van der Waals surface area contributed by atoms with Crippen LogP contribution in [0.4, 0.5) is 0 Å². The summed E-state index contributed by atoms with van der Waals surface area (Å²) in [7, 11) is 0. The van der Waals surface area contributed by atoms with Crippen LogP contribution in [-0.4, -0.2) is 28.5 Å². The highest BCUT2D eigenvalue weighted by atomic mass is 35.5. The molecule has 2 aromatic heterocycles. The van der Waals surface area contributed by atoms with Gasteiger partial charge in [-0.25, -0.2) is 9.78 Å². The molecule has 0 saturated carbocycles. The molecule has 2 N–H and O–H groups in total. The fraction of sp³-hybridized carbons (Fsp3) is 0.182. The molecule has 0 bridgehead atoms. The first-order valence-electron chi connectivity index (χ1n) is 5.27. The van der Waals surface area contributed by atoms with E-state index >= 15 is 0 Å². The molecule has 0 atom stereocenters. The number of carbonyl (C=O) groups is 2. The third-order valence-corrected chi connectivity index (χ3v) is 4.34. The monoisotopic (exact) mass is 316 g/mol. The molecule has 2 rings (SSSR count). The SMILES string of the molecule is O=C(O)c1csc(C(=O)NCCc2ccc(Cl)s2)n1. The van der Waals surface area contributed by atoms with E-state index in [4.69, 9.17) is 16.7 Å². The maximum atomic E-state index is 11.7. The van der Waals surface area contributed by atoms with E-state index in [2.05, 4.69) is 10.3 Å². The summed E-state index contributed by atoms with van der Waals surface area (Å²) >= 11 is 8.28. The lowest BCUT2D eigenvalue weighted by Gasteiger charge is -2.00. The number of hydrogen-bond donors (Lipinski definition) is 2. The Morgan fingerprint density at radius 3 is 2.79 bits per heavy atom. The summed E-state index contributed by atoms with van der Waals surface area (Å²) in [6, 6.07) is 3.72. The van der Waals surface area contributed by atoms with Crippen molar-refractivity contribution in [1.29, 1.82) is 0 Å². The zero-order valence-corrected chi connectivity index (χ0v) is 11.9. The Labute approximate surface area is 121 Å². The van der Waals surface area contributed by atoms with E-state index in [0.29, 0.717) is 17.3 Å². The van der Waals surface area contributed by atoms with Gasteiger partial charge in [0.05, 0.1) is 4.34 Å². The number of aromatic carboxylic acids is 1. The first kappa shape index (κ1) is 14.0. The van der Waals surface area contributed by atoms with Crippen molar-refractivity contribution in [3.8, 4) is 0 Å². The lowest BCUT2D eigenvalue weighted by molar-refractivity contribution is 0.0691. The molecule has 0 aliphatic carbocycles. The Bertz CT molecular complexity index is 609. The molecule has 5 nitrogen and oxygen atoms in total. The van der Waals surface area contributed by atoms with E-state index in [-0.39, 0.29) is 16.6 Å². The number of hydrogen-bond acceptors (Lipinski definition) is 5. The van der Waals surface area contributed by atoms with E-state index in [1.54, 1.807) is 0 Å². The Kier molecular flexibility index (Phi) is 4.52. The molecule has 0 unspecified atom stereocenters. The maximum absolute atomic E-state index is 11.7. The van der Waals surface area contributed by atoms with E-state index in [1.165, 1.54) is 16.7 Å². The summed E-state index contributed by atoms with van der Waals surface area (Å²) in [5.74, 6) is -1.50. The maximum Gasteiger partial charge on any atom is 0.355 e. The Hall–Kier alpha value is -1.44. The van der Waals surface area contributed by atoms with Crippen LogP contribution in [0.5, 0.6) is 0 Å². The quantitative estimate of drug-likeness (QED) is 0.888. The van der Waals surface area contributed by atoms with Crippen molar-refractivity contribution in [2.75, 3.05) is 6.54 Å². The van der Waals surface area contributed by atoms with Gasteiger partial charge < -0.3 is 10.4 Å². The number of amides is 1. The zero-order valence-electron chi connectivity index (χ0n) is 9.55. The number of carboxylic acids is 1. The van der Waals surface area contributed by atoms with Gasteiger partial charge in [-0.2, -0.15) is 0 Å². The number of aromatic nitrogens is 1. The van der Waals surface area contributed by atoms with Crippen LogP contribution < -0.4 is 5.32 Å². The highest BCUT2D eigenvalue weighted by Crippen LogP contribution is 2.21. The molecular formula is C11H9ClN2O3S2. The number of carbonyl (C=O) groups excluding carboxylic acids is 1. The molecule has 0 saturated heterocycles. The van der Waals surface area contributed by atoms with Crippen LogP contribution in [0.1, 0.15) is 25.2 Å². The molecule has 8 heteroatoms. The molecule has 100 valence electrons. The smallest absolute Gasteiger partial charge is 0.355 e. The third kappa shape index (κ3) is 3.76. The minimum Gasteiger partial charge on any atom is -0.476 e. The molecule has 2 heterocycles. The number of rotatable bonds is 5. The van der Waals surface area contributed by atoms with E-state index in [9.17, 15) is 9.59 Å². The number of thiazole rings is 1. The van der Waals surface area contributed by atoms with Crippen LogP contribution in [0.25, 0.3) is 0 Å². The summed E-state index contributed by atoms with van der Waals surface area (Å²) in [4.78, 5) is 27.1. The van der Waals surface area contributed by atoms with Crippen molar-refractivity contribution in [2.24, 2.45) is 0 Å². The van der Waals surface area contributed by atoms with Gasteiger partial charge in [0.1, 0.15) is 0 Å². The third-order valence-electron chi connectivity index (χ3n) is 2.20. The minimum absolute atomic E-state index is 0.111. The first-order valence-corrected chi connectivity index (χ1v) is 7.35. The van der Waals surface area contributed by atoms with E-state index in [0.717, 1.165) is 16.2 Å². The summed E-state index contributed by atoms with van der Waals surface area (Å²) in [6.45, 7) is 0.456. The predicted octanol–water partition coefficient (Wildman–Crippen LogP) is 2.53. The molecular weight excluding hydrogens is 308 g/mol. The van der Waals surface area contributed by atoms with Crippen LogP contribution in [0, 0.1) is 0 Å². The summed E-state index contributed by atoms with van der Waals surface area (Å²) in [5.41, 5.74) is -0.111. The van der Waals surface area contributed by atoms with Crippen LogP contribution in [0.15, 0.2) is 17.5 Å². The van der Waals surface area contributed by atoms with Crippen molar-refractivity contribution in [2.45, 2.75) is 6.42 Å². The van der Waals surface area contributed by atoms with Crippen molar-refractivity contribution in [3.63, 3.8) is 0 Å². The molecule has 19 heavy (non-hydrogen) atoms. The number of carboxylic acid groups (broad SMARTS) is 1. The second-order valence-corrected chi connectivity index (χ2v) is 6.21. The van der Waals surface area contributed by atoms with Crippen molar-refractivity contribution in [1.82, 2.24) is 10.3 Å². The second-order valence-electron chi connectivity index (χ2n) is 3.55. The largest absolute Gasteiger partial charge is 0.476 e. The topological polar surface area (TPSA) is 79.3 Å². The zero-order chi connectivity index (χ0) is 13.8. The average Bonchev–Trinajstić information content (AvgIpc) is 2.98. The van der Waals surface area contributed by atoms with E-state index < -0.39 is 5.97 Å². The van der Waals surface area contributed by atoms with Gasteiger partial charge in [0.15, 0.2) is 10.7 Å². The van der Waals surface area contributed by atoms with Gasteiger partial charge in [0.2, 0.25) is 0 Å². The van der Waals surface area contributed by atoms with Crippen LogP contribution in [0.3, 0.4) is 0 Å². The standard InChI is InChI=1S/C11H9ClN2O3S2/c12-8-2-1-6(19-8)3-4-13-9(15)10-14-7(5-18-10)11(16)17/h1-2,5H,3-4H2,(H,13,15)(H,16,17). The van der Waals surface area contributed by atoms with Crippen LogP contribution >= 0.6 is 34.3 Å². The van der Waals surface area contributed by atoms with Gasteiger partial charge in [-0.15, -0.1) is 22.7 Å². The molecule has 0 aliphatic rings. The molecule has 0 spiro atoms. The Balaban J connectivity index is 1.85. The van der Waals surface area contributed by atoms with Gasteiger partial charge in [-0.1, -0.05) is 11.6 Å².